The van der Waals surface area contributed by atoms with E-state index in [1.54, 1.807) is 0 Å². The van der Waals surface area contributed by atoms with Crippen LogP contribution in [0.4, 0.5) is 5.69 Å². The van der Waals surface area contributed by atoms with Crippen molar-refractivity contribution >= 4 is 5.69 Å². The molecule has 70 valence electrons. The van der Waals surface area contributed by atoms with Crippen molar-refractivity contribution in [2.24, 2.45) is 0 Å². The molecule has 1 aliphatic heterocycles. The molecule has 2 N–H and O–H groups in total. The molecule has 1 unspecified atom stereocenters. The van der Waals surface area contributed by atoms with Crippen LogP contribution in [0.2, 0.25) is 0 Å². The molecule has 0 bridgehead atoms. The molecular formula is C10H13NO2. The highest BCUT2D eigenvalue weighted by Crippen LogP contribution is 2.32. The normalized spacial score (nSPS) is 20.0. The summed E-state index contributed by atoms with van der Waals surface area (Å²) in [7, 11) is 0. The van der Waals surface area contributed by atoms with Crippen LogP contribution in [0.15, 0.2) is 18.2 Å². The second-order valence-corrected chi connectivity index (χ2v) is 3.26. The number of nitrogens with one attached hydrogen (secondary N) is 1. The van der Waals surface area contributed by atoms with Crippen LogP contribution in [0, 0.1) is 0 Å². The van der Waals surface area contributed by atoms with Crippen molar-refractivity contribution in [1.29, 1.82) is 0 Å². The first kappa shape index (κ1) is 8.38. The summed E-state index contributed by atoms with van der Waals surface area (Å²) in [6.45, 7) is 2.85. The van der Waals surface area contributed by atoms with E-state index >= 15 is 0 Å². The van der Waals surface area contributed by atoms with E-state index in [2.05, 4.69) is 5.32 Å². The maximum atomic E-state index is 9.07. The Balaban J connectivity index is 2.41. The molecule has 1 heterocycles. The fraction of sp³-hybridized carbons (Fsp3) is 0.400. The maximum absolute atomic E-state index is 9.07. The minimum absolute atomic E-state index is 0.0254. The van der Waals surface area contributed by atoms with Gasteiger partial charge in [0.25, 0.3) is 0 Å². The van der Waals surface area contributed by atoms with Crippen LogP contribution in [0.3, 0.4) is 0 Å². The number of hydrogen-bond acceptors (Lipinski definition) is 3. The Bertz CT molecular complexity index is 298. The lowest BCUT2D eigenvalue weighted by Crippen LogP contribution is -2.28. The van der Waals surface area contributed by atoms with Gasteiger partial charge in [-0.25, -0.2) is 0 Å². The van der Waals surface area contributed by atoms with Crippen molar-refractivity contribution in [3.8, 4) is 5.75 Å². The molecule has 0 fully saturated rings. The zero-order valence-corrected chi connectivity index (χ0v) is 7.58. The second-order valence-electron chi connectivity index (χ2n) is 3.26. The summed E-state index contributed by atoms with van der Waals surface area (Å²) in [4.78, 5) is 0. The Kier molecular flexibility index (Phi) is 2.10. The molecular weight excluding hydrogens is 166 g/mol. The van der Waals surface area contributed by atoms with Crippen LogP contribution in [0.25, 0.3) is 0 Å². The van der Waals surface area contributed by atoms with E-state index < -0.39 is 0 Å². The van der Waals surface area contributed by atoms with Gasteiger partial charge in [-0.2, -0.15) is 0 Å². The summed E-state index contributed by atoms with van der Waals surface area (Å²) in [5, 5.41) is 12.3. The number of aliphatic hydroxyl groups excluding tert-OH is 1. The Morgan fingerprint density at radius 2 is 2.46 bits per heavy atom. The Hall–Kier alpha value is -1.22. The number of anilines is 1. The van der Waals surface area contributed by atoms with E-state index in [1.807, 2.05) is 25.1 Å². The van der Waals surface area contributed by atoms with Gasteiger partial charge < -0.3 is 15.2 Å². The summed E-state index contributed by atoms with van der Waals surface area (Å²) in [5.41, 5.74) is 1.82. The zero-order chi connectivity index (χ0) is 9.26. The fourth-order valence-corrected chi connectivity index (χ4v) is 1.48. The standard InChI is InChI=1S/C10H13NO2/c1-7-5-11-9-4-2-3-8(6-12)10(9)13-7/h2-4,7,11-12H,5-6H2,1H3. The molecule has 0 spiro atoms. The van der Waals surface area contributed by atoms with Crippen LogP contribution in [0.1, 0.15) is 12.5 Å². The predicted octanol–water partition coefficient (Wildman–Crippen LogP) is 1.37. The van der Waals surface area contributed by atoms with Gasteiger partial charge in [0.05, 0.1) is 18.8 Å². The summed E-state index contributed by atoms with van der Waals surface area (Å²) >= 11 is 0. The molecule has 0 aliphatic carbocycles. The Morgan fingerprint density at radius 3 is 3.23 bits per heavy atom. The van der Waals surface area contributed by atoms with Crippen LogP contribution >= 0.6 is 0 Å². The van der Waals surface area contributed by atoms with Crippen molar-refractivity contribution in [2.45, 2.75) is 19.6 Å². The molecule has 1 atom stereocenters. The highest BCUT2D eigenvalue weighted by atomic mass is 16.5. The fourth-order valence-electron chi connectivity index (χ4n) is 1.48. The van der Waals surface area contributed by atoms with Crippen molar-refractivity contribution < 1.29 is 9.84 Å². The molecule has 2 rings (SSSR count). The third-order valence-electron chi connectivity index (χ3n) is 2.17. The van der Waals surface area contributed by atoms with Crippen LogP contribution in [-0.2, 0) is 6.61 Å². The lowest BCUT2D eigenvalue weighted by atomic mass is 10.1. The van der Waals surface area contributed by atoms with Crippen molar-refractivity contribution in [2.75, 3.05) is 11.9 Å². The van der Waals surface area contributed by atoms with Gasteiger partial charge in [0.15, 0.2) is 0 Å². The van der Waals surface area contributed by atoms with Gasteiger partial charge in [-0.1, -0.05) is 12.1 Å². The molecule has 13 heavy (non-hydrogen) atoms. The lowest BCUT2D eigenvalue weighted by Gasteiger charge is -2.26. The number of ether oxygens (including phenoxy) is 1. The zero-order valence-electron chi connectivity index (χ0n) is 7.58. The lowest BCUT2D eigenvalue weighted by molar-refractivity contribution is 0.212. The first-order chi connectivity index (χ1) is 6.31. The molecule has 0 amide bonds. The number of fused-ring (bicyclic) bond motifs is 1. The van der Waals surface area contributed by atoms with Gasteiger partial charge in [-0.15, -0.1) is 0 Å². The predicted molar refractivity (Wildman–Crippen MR) is 50.9 cm³/mol. The summed E-state index contributed by atoms with van der Waals surface area (Å²) < 4.78 is 5.63. The average molecular weight is 179 g/mol. The number of rotatable bonds is 1. The van der Waals surface area contributed by atoms with Crippen molar-refractivity contribution in [3.05, 3.63) is 23.8 Å². The van der Waals surface area contributed by atoms with Crippen LogP contribution in [-0.4, -0.2) is 17.8 Å². The number of benzene rings is 1. The van der Waals surface area contributed by atoms with Crippen LogP contribution < -0.4 is 10.1 Å². The van der Waals surface area contributed by atoms with E-state index in [0.717, 1.165) is 23.5 Å². The van der Waals surface area contributed by atoms with Crippen LogP contribution in [0.5, 0.6) is 5.75 Å². The van der Waals surface area contributed by atoms with Gasteiger partial charge in [0.2, 0.25) is 0 Å². The summed E-state index contributed by atoms with van der Waals surface area (Å²) in [6, 6.07) is 5.75. The third kappa shape index (κ3) is 1.47. The smallest absolute Gasteiger partial charge is 0.148 e. The molecule has 1 aromatic carbocycles. The second kappa shape index (κ2) is 3.26. The molecule has 3 heteroatoms. The average Bonchev–Trinajstić information content (AvgIpc) is 2.17. The Labute approximate surface area is 77.3 Å². The summed E-state index contributed by atoms with van der Waals surface area (Å²) in [6.07, 6.45) is 0.167. The van der Waals surface area contributed by atoms with Crippen molar-refractivity contribution in [1.82, 2.24) is 0 Å². The minimum atomic E-state index is 0.0254. The molecule has 0 radical (unpaired) electrons. The monoisotopic (exact) mass is 179 g/mol. The maximum Gasteiger partial charge on any atom is 0.148 e. The van der Waals surface area contributed by atoms with E-state index in [1.165, 1.54) is 0 Å². The highest BCUT2D eigenvalue weighted by Gasteiger charge is 2.17. The minimum Gasteiger partial charge on any atom is -0.486 e. The number of para-hydroxylation sites is 1. The van der Waals surface area contributed by atoms with E-state index in [9.17, 15) is 0 Å². The SMILES string of the molecule is CC1CNc2cccc(CO)c2O1. The van der Waals surface area contributed by atoms with E-state index in [-0.39, 0.29) is 12.7 Å². The molecule has 1 aromatic rings. The topological polar surface area (TPSA) is 41.5 Å². The third-order valence-corrected chi connectivity index (χ3v) is 2.17. The van der Waals surface area contributed by atoms with Gasteiger partial charge in [-0.3, -0.25) is 0 Å². The van der Waals surface area contributed by atoms with Crippen molar-refractivity contribution in [3.63, 3.8) is 0 Å². The molecule has 0 saturated heterocycles. The van der Waals surface area contributed by atoms with E-state index in [4.69, 9.17) is 9.84 Å². The van der Waals surface area contributed by atoms with Gasteiger partial charge in [0.1, 0.15) is 11.9 Å². The summed E-state index contributed by atoms with van der Waals surface area (Å²) in [5.74, 6) is 0.795. The van der Waals surface area contributed by atoms with Gasteiger partial charge >= 0.3 is 0 Å². The van der Waals surface area contributed by atoms with E-state index in [0.29, 0.717) is 0 Å². The van der Waals surface area contributed by atoms with Gasteiger partial charge in [0, 0.05) is 5.56 Å². The first-order valence-electron chi connectivity index (χ1n) is 4.44. The molecule has 1 aliphatic rings. The molecule has 3 nitrogen and oxygen atoms in total. The quantitative estimate of drug-likeness (QED) is 0.684. The highest BCUT2D eigenvalue weighted by molar-refractivity contribution is 5.61. The number of aliphatic hydroxyl groups is 1. The number of hydrogen-bond donors (Lipinski definition) is 2. The largest absolute Gasteiger partial charge is 0.486 e. The van der Waals surface area contributed by atoms with Gasteiger partial charge in [-0.05, 0) is 13.0 Å². The first-order valence-corrected chi connectivity index (χ1v) is 4.44. The Morgan fingerprint density at radius 1 is 1.62 bits per heavy atom. The molecule has 0 saturated carbocycles. The molecule has 0 aromatic heterocycles.